The van der Waals surface area contributed by atoms with Gasteiger partial charge in [0.05, 0.1) is 10.5 Å². The molecular weight excluding hydrogens is 342 g/mol. The molecule has 0 aliphatic rings. The lowest BCUT2D eigenvalue weighted by Crippen LogP contribution is -2.35. The molecule has 2 aromatic carbocycles. The highest BCUT2D eigenvalue weighted by Crippen LogP contribution is 2.35. The van der Waals surface area contributed by atoms with Crippen molar-refractivity contribution in [2.45, 2.75) is 19.4 Å². The fourth-order valence-corrected chi connectivity index (χ4v) is 2.52. The largest absolute Gasteiger partial charge is 0.450 e. The number of carbonyl (C=O) groups is 1. The molecule has 0 aliphatic carbocycles. The van der Waals surface area contributed by atoms with Crippen LogP contribution in [0.3, 0.4) is 0 Å². The number of hydrogen-bond acceptors (Lipinski definition) is 4. The highest BCUT2D eigenvalue weighted by Gasteiger charge is 2.36. The maximum absolute atomic E-state index is 12.5. The van der Waals surface area contributed by atoms with Gasteiger partial charge in [0.1, 0.15) is 5.60 Å². The van der Waals surface area contributed by atoms with Crippen LogP contribution in [0.15, 0.2) is 61.2 Å². The van der Waals surface area contributed by atoms with Crippen molar-refractivity contribution in [1.29, 1.82) is 0 Å². The van der Waals surface area contributed by atoms with Crippen molar-refractivity contribution >= 4 is 23.3 Å². The van der Waals surface area contributed by atoms with Crippen LogP contribution in [-0.2, 0) is 10.3 Å². The summed E-state index contributed by atoms with van der Waals surface area (Å²) in [5, 5.41) is 11.3. The number of carbonyl (C=O) groups excluding carboxylic acids is 1. The van der Waals surface area contributed by atoms with Crippen LogP contribution in [0.25, 0.3) is 0 Å². The third-order valence-corrected chi connectivity index (χ3v) is 4.51. The van der Waals surface area contributed by atoms with Crippen molar-refractivity contribution < 1.29 is 14.5 Å². The predicted molar refractivity (Wildman–Crippen MR) is 96.7 cm³/mol. The van der Waals surface area contributed by atoms with Crippen molar-refractivity contribution in [1.82, 2.24) is 0 Å². The Labute approximate surface area is 151 Å². The minimum absolute atomic E-state index is 0.0866. The maximum Gasteiger partial charge on any atom is 0.339 e. The van der Waals surface area contributed by atoms with Crippen molar-refractivity contribution in [2.24, 2.45) is 5.92 Å². The average Bonchev–Trinajstić information content (AvgIpc) is 2.61. The molecule has 25 heavy (non-hydrogen) atoms. The van der Waals surface area contributed by atoms with E-state index in [1.54, 1.807) is 37.3 Å². The predicted octanol–water partition coefficient (Wildman–Crippen LogP) is 5.14. The molecule has 0 aliphatic heterocycles. The van der Waals surface area contributed by atoms with E-state index in [0.29, 0.717) is 5.02 Å². The number of ether oxygens (including phenoxy) is 1. The minimum atomic E-state index is -0.953. The summed E-state index contributed by atoms with van der Waals surface area (Å²) in [5.41, 5.74) is -0.0244. The molecule has 130 valence electrons. The Bertz CT molecular complexity index is 786. The van der Waals surface area contributed by atoms with Crippen LogP contribution in [0.2, 0.25) is 5.02 Å². The lowest BCUT2D eigenvalue weighted by Gasteiger charge is -2.34. The molecule has 0 saturated carbocycles. The first-order chi connectivity index (χ1) is 11.8. The third kappa shape index (κ3) is 4.06. The van der Waals surface area contributed by atoms with E-state index in [4.69, 9.17) is 16.3 Å². The molecule has 5 nitrogen and oxygen atoms in total. The van der Waals surface area contributed by atoms with Crippen LogP contribution >= 0.6 is 11.6 Å². The monoisotopic (exact) mass is 359 g/mol. The summed E-state index contributed by atoms with van der Waals surface area (Å²) in [6.07, 6.45) is 1.71. The van der Waals surface area contributed by atoms with E-state index in [-0.39, 0.29) is 17.2 Å². The van der Waals surface area contributed by atoms with Crippen molar-refractivity contribution in [3.05, 3.63) is 87.4 Å². The molecule has 0 saturated heterocycles. The third-order valence-electron chi connectivity index (χ3n) is 4.26. The van der Waals surface area contributed by atoms with E-state index >= 15 is 0 Å². The summed E-state index contributed by atoms with van der Waals surface area (Å²) in [4.78, 5) is 22.7. The number of non-ortho nitro benzene ring substituents is 1. The molecule has 6 heteroatoms. The van der Waals surface area contributed by atoms with Gasteiger partial charge in [0.25, 0.3) is 5.69 Å². The molecular formula is C19H18ClNO4. The van der Waals surface area contributed by atoms with Gasteiger partial charge in [0, 0.05) is 23.1 Å². The van der Waals surface area contributed by atoms with Crippen LogP contribution in [0.4, 0.5) is 5.69 Å². The van der Waals surface area contributed by atoms with E-state index < -0.39 is 16.5 Å². The Morgan fingerprint density at radius 2 is 1.80 bits per heavy atom. The molecule has 0 aromatic heterocycles. The Balaban J connectivity index is 2.33. The van der Waals surface area contributed by atoms with Crippen LogP contribution in [0.1, 0.15) is 29.8 Å². The minimum Gasteiger partial charge on any atom is -0.450 e. The van der Waals surface area contributed by atoms with Crippen LogP contribution in [0, 0.1) is 16.0 Å². The number of esters is 1. The average molecular weight is 360 g/mol. The SMILES string of the molecule is C=C[C@H](C)[C@@](C)(OC(=O)c1ccc([N+](=O)[O-])cc1)c1ccc(Cl)cc1. The Hall–Kier alpha value is -2.66. The zero-order valence-electron chi connectivity index (χ0n) is 13.9. The number of rotatable bonds is 6. The number of halogens is 1. The second-order valence-electron chi connectivity index (χ2n) is 5.83. The standard InChI is InChI=1S/C19H18ClNO4/c1-4-13(2)19(3,15-7-9-16(20)10-8-15)25-18(22)14-5-11-17(12-6-14)21(23)24/h4-13H,1H2,2-3H3/t13-,19+/m0/s1. The molecule has 2 atom stereocenters. The molecule has 2 aromatic rings. The number of nitro benzene ring substituents is 1. The first-order valence-electron chi connectivity index (χ1n) is 7.64. The first kappa shape index (κ1) is 18.7. The van der Waals surface area contributed by atoms with Gasteiger partial charge in [0.15, 0.2) is 0 Å². The second-order valence-corrected chi connectivity index (χ2v) is 6.27. The van der Waals surface area contributed by atoms with E-state index in [1.165, 1.54) is 24.3 Å². The Morgan fingerprint density at radius 3 is 2.28 bits per heavy atom. The van der Waals surface area contributed by atoms with Gasteiger partial charge in [-0.15, -0.1) is 6.58 Å². The Kier molecular flexibility index (Phi) is 5.59. The number of nitro groups is 1. The summed E-state index contributed by atoms with van der Waals surface area (Å²) in [7, 11) is 0. The molecule has 2 rings (SSSR count). The van der Waals surface area contributed by atoms with Gasteiger partial charge in [-0.2, -0.15) is 0 Å². The zero-order valence-corrected chi connectivity index (χ0v) is 14.7. The van der Waals surface area contributed by atoms with Gasteiger partial charge >= 0.3 is 5.97 Å². The van der Waals surface area contributed by atoms with Gasteiger partial charge in [-0.25, -0.2) is 4.79 Å². The summed E-state index contributed by atoms with van der Waals surface area (Å²) in [6, 6.07) is 12.3. The fourth-order valence-electron chi connectivity index (χ4n) is 2.39. The van der Waals surface area contributed by atoms with Gasteiger partial charge in [-0.3, -0.25) is 10.1 Å². The van der Waals surface area contributed by atoms with E-state index in [1.807, 2.05) is 6.92 Å². The van der Waals surface area contributed by atoms with Crippen molar-refractivity contribution in [2.75, 3.05) is 0 Å². The highest BCUT2D eigenvalue weighted by atomic mass is 35.5. The summed E-state index contributed by atoms with van der Waals surface area (Å²) < 4.78 is 5.78. The van der Waals surface area contributed by atoms with Crippen molar-refractivity contribution in [3.8, 4) is 0 Å². The van der Waals surface area contributed by atoms with Crippen LogP contribution in [0.5, 0.6) is 0 Å². The molecule has 0 amide bonds. The van der Waals surface area contributed by atoms with E-state index in [0.717, 1.165) is 5.56 Å². The molecule has 0 heterocycles. The van der Waals surface area contributed by atoms with Gasteiger partial charge < -0.3 is 4.74 Å². The summed E-state index contributed by atoms with van der Waals surface area (Å²) >= 11 is 5.93. The summed E-state index contributed by atoms with van der Waals surface area (Å²) in [5.74, 6) is -0.739. The van der Waals surface area contributed by atoms with Crippen molar-refractivity contribution in [3.63, 3.8) is 0 Å². The lowest BCUT2D eigenvalue weighted by molar-refractivity contribution is -0.384. The molecule has 0 fully saturated rings. The van der Waals surface area contributed by atoms with Gasteiger partial charge in [-0.1, -0.05) is 36.7 Å². The fraction of sp³-hybridized carbons (Fsp3) is 0.211. The summed E-state index contributed by atoms with van der Waals surface area (Å²) in [6.45, 7) is 7.48. The molecule has 0 spiro atoms. The number of nitrogens with zero attached hydrogens (tertiary/aromatic N) is 1. The topological polar surface area (TPSA) is 69.4 Å². The normalized spacial score (nSPS) is 14.2. The molecule has 0 radical (unpaired) electrons. The van der Waals surface area contributed by atoms with Crippen LogP contribution in [-0.4, -0.2) is 10.9 Å². The van der Waals surface area contributed by atoms with Gasteiger partial charge in [0.2, 0.25) is 0 Å². The first-order valence-corrected chi connectivity index (χ1v) is 8.02. The molecule has 0 N–H and O–H groups in total. The zero-order chi connectivity index (χ0) is 18.6. The van der Waals surface area contributed by atoms with E-state index in [2.05, 4.69) is 6.58 Å². The smallest absolute Gasteiger partial charge is 0.339 e. The molecule has 0 unspecified atom stereocenters. The Morgan fingerprint density at radius 1 is 1.24 bits per heavy atom. The number of benzene rings is 2. The number of hydrogen-bond donors (Lipinski definition) is 0. The van der Waals surface area contributed by atoms with Gasteiger partial charge in [-0.05, 0) is 36.8 Å². The van der Waals surface area contributed by atoms with E-state index in [9.17, 15) is 14.9 Å². The lowest BCUT2D eigenvalue weighted by atomic mass is 9.83. The second kappa shape index (κ2) is 7.49. The molecule has 0 bridgehead atoms. The van der Waals surface area contributed by atoms with Crippen LogP contribution < -0.4 is 0 Å². The quantitative estimate of drug-likeness (QED) is 0.310. The highest BCUT2D eigenvalue weighted by molar-refractivity contribution is 6.30. The maximum atomic E-state index is 12.5.